The van der Waals surface area contributed by atoms with Crippen molar-refractivity contribution in [2.45, 2.75) is 31.7 Å². The second-order valence-electron chi connectivity index (χ2n) is 8.66. The lowest BCUT2D eigenvalue weighted by atomic mass is 10.1. The number of thioether (sulfide) groups is 1. The summed E-state index contributed by atoms with van der Waals surface area (Å²) in [6.45, 7) is 5.25. The van der Waals surface area contributed by atoms with Gasteiger partial charge in [0.05, 0.1) is 17.1 Å². The fraction of sp³-hybridized carbons (Fsp3) is 0.214. The van der Waals surface area contributed by atoms with Crippen molar-refractivity contribution in [3.8, 4) is 0 Å². The number of nitrogens with zero attached hydrogens (tertiary/aromatic N) is 1. The van der Waals surface area contributed by atoms with Crippen LogP contribution in [0.3, 0.4) is 0 Å². The van der Waals surface area contributed by atoms with E-state index in [4.69, 9.17) is 0 Å². The number of rotatable bonds is 7. The fourth-order valence-electron chi connectivity index (χ4n) is 3.65. The molecular weight excluding hydrogens is 447 g/mol. The number of carbonyl (C=O) groups is 2. The van der Waals surface area contributed by atoms with E-state index in [1.165, 1.54) is 23.9 Å². The molecule has 1 heterocycles. The van der Waals surface area contributed by atoms with E-state index in [0.717, 1.165) is 28.1 Å². The number of anilines is 1. The van der Waals surface area contributed by atoms with Gasteiger partial charge < -0.3 is 10.2 Å². The predicted octanol–water partition coefficient (Wildman–Crippen LogP) is 6.28. The van der Waals surface area contributed by atoms with E-state index in [1.807, 2.05) is 42.5 Å². The molecule has 2 amide bonds. The third-order valence-electron chi connectivity index (χ3n) is 5.56. The fourth-order valence-corrected chi connectivity index (χ4v) is 4.71. The molecule has 0 spiro atoms. The van der Waals surface area contributed by atoms with Crippen LogP contribution in [0.25, 0.3) is 6.08 Å². The lowest BCUT2D eigenvalue weighted by molar-refractivity contribution is -0.114. The number of fused-ring (bicyclic) bond motifs is 1. The highest BCUT2D eigenvalue weighted by Crippen LogP contribution is 2.42. The summed E-state index contributed by atoms with van der Waals surface area (Å²) in [7, 11) is 0. The second kappa shape index (κ2) is 10.7. The van der Waals surface area contributed by atoms with Gasteiger partial charge in [0.15, 0.2) is 0 Å². The topological polar surface area (TPSA) is 49.4 Å². The first kappa shape index (κ1) is 23.8. The average molecular weight is 475 g/mol. The lowest BCUT2D eigenvalue weighted by Crippen LogP contribution is -2.33. The lowest BCUT2D eigenvalue weighted by Gasteiger charge is -2.30. The van der Waals surface area contributed by atoms with Crippen molar-refractivity contribution >= 4 is 35.3 Å². The molecule has 1 N–H and O–H groups in total. The van der Waals surface area contributed by atoms with Gasteiger partial charge in [-0.2, -0.15) is 0 Å². The molecule has 6 heteroatoms. The number of hydrogen-bond acceptors (Lipinski definition) is 3. The minimum atomic E-state index is -0.303. The Morgan fingerprint density at radius 2 is 1.74 bits per heavy atom. The molecule has 3 aromatic rings. The van der Waals surface area contributed by atoms with Gasteiger partial charge in [-0.15, -0.1) is 0 Å². The number of amides is 2. The summed E-state index contributed by atoms with van der Waals surface area (Å²) >= 11 is 1.43. The van der Waals surface area contributed by atoms with Crippen LogP contribution in [0.15, 0.2) is 82.6 Å². The number of carbonyl (C=O) groups excluding carboxylic acids is 2. The summed E-state index contributed by atoms with van der Waals surface area (Å²) in [4.78, 5) is 29.0. The van der Waals surface area contributed by atoms with Crippen LogP contribution in [-0.4, -0.2) is 18.4 Å². The molecule has 0 unspecified atom stereocenters. The van der Waals surface area contributed by atoms with Crippen LogP contribution in [0.2, 0.25) is 0 Å². The Hall–Kier alpha value is -3.38. The first-order valence-electron chi connectivity index (χ1n) is 11.3. The van der Waals surface area contributed by atoms with Gasteiger partial charge in [-0.05, 0) is 65.9 Å². The quantitative estimate of drug-likeness (QED) is 0.410. The van der Waals surface area contributed by atoms with Crippen LogP contribution in [0.4, 0.5) is 10.1 Å². The monoisotopic (exact) mass is 474 g/mol. The maximum atomic E-state index is 13.4. The Kier molecular flexibility index (Phi) is 7.48. The number of nitrogens with one attached hydrogen (secondary N) is 1. The Morgan fingerprint density at radius 1 is 1.03 bits per heavy atom. The van der Waals surface area contributed by atoms with Crippen LogP contribution in [0, 0.1) is 11.7 Å². The van der Waals surface area contributed by atoms with Crippen molar-refractivity contribution in [3.05, 3.63) is 100 Å². The van der Waals surface area contributed by atoms with Crippen LogP contribution in [0.1, 0.15) is 41.8 Å². The molecule has 174 valence electrons. The molecule has 1 aliphatic heterocycles. The second-order valence-corrected chi connectivity index (χ2v) is 9.74. The molecule has 3 aromatic carbocycles. The Labute approximate surface area is 203 Å². The SMILES string of the molecule is CC(C)CCNC(=O)c1ccc(/C=C2\Sc3ccccc3N(Cc3ccc(F)cc3)C2=O)cc1. The van der Waals surface area contributed by atoms with Crippen molar-refractivity contribution in [1.29, 1.82) is 0 Å². The van der Waals surface area contributed by atoms with Crippen LogP contribution < -0.4 is 10.2 Å². The number of hydrogen-bond donors (Lipinski definition) is 1. The standard InChI is InChI=1S/C28H27FN2O2S/c1-19(2)15-16-30-27(32)22-11-7-20(8-12-22)17-26-28(33)31(18-21-9-13-23(29)14-10-21)24-5-3-4-6-25(24)34-26/h3-14,17,19H,15-16,18H2,1-2H3,(H,30,32)/b26-17-. The van der Waals surface area contributed by atoms with Crippen molar-refractivity contribution in [3.63, 3.8) is 0 Å². The predicted molar refractivity (Wildman–Crippen MR) is 136 cm³/mol. The summed E-state index contributed by atoms with van der Waals surface area (Å²) in [6, 6.07) is 21.2. The zero-order valence-corrected chi connectivity index (χ0v) is 20.1. The highest BCUT2D eigenvalue weighted by molar-refractivity contribution is 8.04. The van der Waals surface area contributed by atoms with Gasteiger partial charge in [-0.1, -0.05) is 62.0 Å². The van der Waals surface area contributed by atoms with Gasteiger partial charge in [0, 0.05) is 17.0 Å². The highest BCUT2D eigenvalue weighted by Gasteiger charge is 2.29. The zero-order valence-electron chi connectivity index (χ0n) is 19.3. The van der Waals surface area contributed by atoms with Crippen molar-refractivity contribution < 1.29 is 14.0 Å². The average Bonchev–Trinajstić information content (AvgIpc) is 2.83. The summed E-state index contributed by atoms with van der Waals surface area (Å²) < 4.78 is 13.3. The van der Waals surface area contributed by atoms with Gasteiger partial charge in [0.25, 0.3) is 11.8 Å². The molecule has 4 rings (SSSR count). The molecule has 0 saturated carbocycles. The molecule has 0 aromatic heterocycles. The van der Waals surface area contributed by atoms with Gasteiger partial charge in [-0.3, -0.25) is 9.59 Å². The normalized spacial score (nSPS) is 14.4. The minimum absolute atomic E-state index is 0.0950. The molecule has 4 nitrogen and oxygen atoms in total. The summed E-state index contributed by atoms with van der Waals surface area (Å²) in [6.07, 6.45) is 2.78. The molecule has 0 saturated heterocycles. The molecule has 0 fully saturated rings. The summed E-state index contributed by atoms with van der Waals surface area (Å²) in [5.74, 6) is 0.0285. The Balaban J connectivity index is 1.54. The van der Waals surface area contributed by atoms with Gasteiger partial charge in [0.2, 0.25) is 0 Å². The Morgan fingerprint density at radius 3 is 2.44 bits per heavy atom. The molecule has 0 aliphatic carbocycles. The van der Waals surface area contributed by atoms with Crippen molar-refractivity contribution in [2.75, 3.05) is 11.4 Å². The number of benzene rings is 3. The van der Waals surface area contributed by atoms with E-state index in [2.05, 4.69) is 19.2 Å². The zero-order chi connectivity index (χ0) is 24.1. The van der Waals surface area contributed by atoms with E-state index in [0.29, 0.717) is 29.5 Å². The third-order valence-corrected chi connectivity index (χ3v) is 6.64. The molecule has 34 heavy (non-hydrogen) atoms. The molecular formula is C28H27FN2O2S. The molecule has 0 atom stereocenters. The molecule has 1 aliphatic rings. The van der Waals surface area contributed by atoms with Crippen molar-refractivity contribution in [2.24, 2.45) is 5.92 Å². The maximum absolute atomic E-state index is 13.4. The largest absolute Gasteiger partial charge is 0.352 e. The van der Waals surface area contributed by atoms with Gasteiger partial charge in [0.1, 0.15) is 5.82 Å². The first-order chi connectivity index (χ1) is 16.4. The van der Waals surface area contributed by atoms with Crippen molar-refractivity contribution in [1.82, 2.24) is 5.32 Å². The highest BCUT2D eigenvalue weighted by atomic mass is 32.2. The van der Waals surface area contributed by atoms with Crippen LogP contribution >= 0.6 is 11.8 Å². The maximum Gasteiger partial charge on any atom is 0.265 e. The van der Waals surface area contributed by atoms with Crippen LogP contribution in [0.5, 0.6) is 0 Å². The van der Waals surface area contributed by atoms with Gasteiger partial charge >= 0.3 is 0 Å². The smallest absolute Gasteiger partial charge is 0.265 e. The molecule has 0 radical (unpaired) electrons. The Bertz CT molecular complexity index is 1200. The van der Waals surface area contributed by atoms with E-state index in [-0.39, 0.29) is 17.6 Å². The molecule has 0 bridgehead atoms. The summed E-state index contributed by atoms with van der Waals surface area (Å²) in [5, 5.41) is 2.94. The first-order valence-corrected chi connectivity index (χ1v) is 12.2. The van der Waals surface area contributed by atoms with Crippen LogP contribution in [-0.2, 0) is 11.3 Å². The third kappa shape index (κ3) is 5.75. The van der Waals surface area contributed by atoms with E-state index in [9.17, 15) is 14.0 Å². The minimum Gasteiger partial charge on any atom is -0.352 e. The summed E-state index contributed by atoms with van der Waals surface area (Å²) in [5.41, 5.74) is 3.13. The number of para-hydroxylation sites is 1. The van der Waals surface area contributed by atoms with E-state index in [1.54, 1.807) is 29.2 Å². The number of halogens is 1. The van der Waals surface area contributed by atoms with E-state index < -0.39 is 0 Å². The van der Waals surface area contributed by atoms with E-state index >= 15 is 0 Å². The van der Waals surface area contributed by atoms with Gasteiger partial charge in [-0.25, -0.2) is 4.39 Å².